The predicted octanol–water partition coefficient (Wildman–Crippen LogP) is 4.68. The lowest BCUT2D eigenvalue weighted by molar-refractivity contribution is 0.104. The monoisotopic (exact) mass is 347 g/mol. The lowest BCUT2D eigenvalue weighted by atomic mass is 10.1. The summed E-state index contributed by atoms with van der Waals surface area (Å²) in [5.41, 5.74) is 0.784. The molecule has 0 saturated heterocycles. The van der Waals surface area contributed by atoms with Crippen molar-refractivity contribution in [2.75, 3.05) is 11.9 Å². The molecule has 0 saturated carbocycles. The first kappa shape index (κ1) is 17.3. The van der Waals surface area contributed by atoms with E-state index in [1.165, 1.54) is 12.1 Å². The van der Waals surface area contributed by atoms with Crippen molar-refractivity contribution in [2.24, 2.45) is 0 Å². The molecule has 0 aliphatic heterocycles. The Morgan fingerprint density at radius 2 is 1.87 bits per heavy atom. The van der Waals surface area contributed by atoms with Gasteiger partial charge in [0.1, 0.15) is 0 Å². The number of carbonyl (C=O) groups is 1. The lowest BCUT2D eigenvalue weighted by Gasteiger charge is -2.00. The zero-order valence-corrected chi connectivity index (χ0v) is 14.0. The van der Waals surface area contributed by atoms with Gasteiger partial charge in [-0.05, 0) is 42.8 Å². The van der Waals surface area contributed by atoms with E-state index in [2.05, 4.69) is 5.32 Å². The van der Waals surface area contributed by atoms with E-state index in [9.17, 15) is 9.59 Å². The van der Waals surface area contributed by atoms with Gasteiger partial charge in [0.15, 0.2) is 5.78 Å². The molecule has 0 fully saturated rings. The van der Waals surface area contributed by atoms with Crippen LogP contribution >= 0.6 is 23.2 Å². The third-order valence-electron chi connectivity index (χ3n) is 3.15. The van der Waals surface area contributed by atoms with Crippen LogP contribution in [0, 0.1) is 0 Å². The second kappa shape index (κ2) is 7.95. The molecule has 23 heavy (non-hydrogen) atoms. The molecule has 0 unspecified atom stereocenters. The van der Waals surface area contributed by atoms with Crippen molar-refractivity contribution in [3.05, 3.63) is 79.9 Å². The molecule has 0 atom stereocenters. The highest BCUT2D eigenvalue weighted by molar-refractivity contribution is 6.42. The van der Waals surface area contributed by atoms with Crippen molar-refractivity contribution in [2.45, 2.75) is 6.92 Å². The van der Waals surface area contributed by atoms with E-state index in [-0.39, 0.29) is 16.8 Å². The number of hydrogen-bond donors (Lipinski definition) is 1. The van der Waals surface area contributed by atoms with Crippen LogP contribution in [0.4, 0.5) is 5.69 Å². The molecule has 0 aromatic heterocycles. The maximum Gasteiger partial charge on any atom is 0.212 e. The van der Waals surface area contributed by atoms with Crippen molar-refractivity contribution in [3.63, 3.8) is 0 Å². The molecule has 1 N–H and O–H groups in total. The number of nitrogens with one attached hydrogen (secondary N) is 1. The number of anilines is 1. The molecule has 0 spiro atoms. The summed E-state index contributed by atoms with van der Waals surface area (Å²) in [6.45, 7) is 2.48. The Labute approximate surface area is 144 Å². The minimum atomic E-state index is -0.388. The minimum Gasteiger partial charge on any atom is -0.382 e. The van der Waals surface area contributed by atoms with Crippen LogP contribution in [0.2, 0.25) is 10.0 Å². The van der Waals surface area contributed by atoms with Crippen LogP contribution in [0.15, 0.2) is 53.3 Å². The molecule has 0 heterocycles. The zero-order valence-electron chi connectivity index (χ0n) is 12.5. The predicted molar refractivity (Wildman–Crippen MR) is 96.7 cm³/mol. The highest BCUT2D eigenvalue weighted by Crippen LogP contribution is 2.26. The van der Waals surface area contributed by atoms with Crippen LogP contribution in [0.3, 0.4) is 0 Å². The molecule has 0 aliphatic rings. The Morgan fingerprint density at radius 1 is 1.13 bits per heavy atom. The van der Waals surface area contributed by atoms with Crippen molar-refractivity contribution in [3.8, 4) is 0 Å². The molecule has 2 aromatic rings. The van der Waals surface area contributed by atoms with Gasteiger partial charge >= 0.3 is 0 Å². The van der Waals surface area contributed by atoms with Gasteiger partial charge in [-0.2, -0.15) is 0 Å². The fraction of sp³-hybridized carbons (Fsp3) is 0.111. The number of benzene rings is 1. The Hall–Kier alpha value is -2.10. The molecule has 118 valence electrons. The Morgan fingerprint density at radius 3 is 2.61 bits per heavy atom. The average Bonchev–Trinajstić information content (AvgIpc) is 2.71. The summed E-state index contributed by atoms with van der Waals surface area (Å²) < 4.78 is 0. The van der Waals surface area contributed by atoms with Gasteiger partial charge in [0.2, 0.25) is 5.43 Å². The Kier molecular flexibility index (Phi) is 5.97. The molecule has 2 rings (SSSR count). The van der Waals surface area contributed by atoms with E-state index in [0.29, 0.717) is 27.8 Å². The third kappa shape index (κ3) is 4.21. The fourth-order valence-electron chi connectivity index (χ4n) is 2.03. The summed E-state index contributed by atoms with van der Waals surface area (Å²) in [6, 6.07) is 11.7. The Balaban J connectivity index is 2.37. The molecule has 0 radical (unpaired) electrons. The minimum absolute atomic E-state index is 0.0975. The van der Waals surface area contributed by atoms with Gasteiger partial charge in [0.05, 0.1) is 21.3 Å². The highest BCUT2D eigenvalue weighted by Gasteiger charge is 2.09. The number of ketones is 1. The maximum atomic E-state index is 12.4. The SMILES string of the molecule is CCNc1ccccc(C(=O)/C=C/c2cccc(Cl)c2Cl)c1=O. The largest absolute Gasteiger partial charge is 0.382 e. The first-order valence-electron chi connectivity index (χ1n) is 7.08. The van der Waals surface area contributed by atoms with Gasteiger partial charge < -0.3 is 5.32 Å². The first-order valence-corrected chi connectivity index (χ1v) is 7.83. The fourth-order valence-corrected chi connectivity index (χ4v) is 2.40. The summed E-state index contributed by atoms with van der Waals surface area (Å²) in [5.74, 6) is -0.388. The topological polar surface area (TPSA) is 46.2 Å². The number of rotatable bonds is 5. The van der Waals surface area contributed by atoms with Gasteiger partial charge in [0.25, 0.3) is 0 Å². The van der Waals surface area contributed by atoms with E-state index in [1.54, 1.807) is 42.5 Å². The number of allylic oxidation sites excluding steroid dienone is 1. The van der Waals surface area contributed by atoms with Crippen LogP contribution in [-0.4, -0.2) is 12.3 Å². The number of halogens is 2. The third-order valence-corrected chi connectivity index (χ3v) is 3.99. The molecule has 5 heteroatoms. The van der Waals surface area contributed by atoms with Crippen LogP contribution < -0.4 is 10.7 Å². The summed E-state index contributed by atoms with van der Waals surface area (Å²) in [4.78, 5) is 24.7. The summed E-state index contributed by atoms with van der Waals surface area (Å²) in [7, 11) is 0. The molecular weight excluding hydrogens is 333 g/mol. The van der Waals surface area contributed by atoms with Gasteiger partial charge in [-0.1, -0.05) is 47.5 Å². The van der Waals surface area contributed by atoms with E-state index < -0.39 is 0 Å². The van der Waals surface area contributed by atoms with E-state index in [1.807, 2.05) is 6.92 Å². The van der Waals surface area contributed by atoms with Crippen molar-refractivity contribution >= 4 is 40.7 Å². The maximum absolute atomic E-state index is 12.4. The zero-order chi connectivity index (χ0) is 16.8. The van der Waals surface area contributed by atoms with Crippen molar-refractivity contribution in [1.82, 2.24) is 0 Å². The molecule has 2 aromatic carbocycles. The second-order valence-electron chi connectivity index (χ2n) is 4.75. The normalized spacial score (nSPS) is 10.7. The smallest absolute Gasteiger partial charge is 0.212 e. The number of hydrogen-bond acceptors (Lipinski definition) is 3. The lowest BCUT2D eigenvalue weighted by Crippen LogP contribution is -2.15. The molecule has 0 bridgehead atoms. The Bertz CT molecular complexity index is 816. The van der Waals surface area contributed by atoms with Gasteiger partial charge in [-0.15, -0.1) is 0 Å². The molecule has 3 nitrogen and oxygen atoms in total. The van der Waals surface area contributed by atoms with Crippen LogP contribution in [0.25, 0.3) is 6.08 Å². The van der Waals surface area contributed by atoms with Crippen LogP contribution in [0.5, 0.6) is 0 Å². The van der Waals surface area contributed by atoms with Gasteiger partial charge in [0, 0.05) is 6.54 Å². The summed E-state index contributed by atoms with van der Waals surface area (Å²) >= 11 is 12.0. The van der Waals surface area contributed by atoms with Gasteiger partial charge in [-0.25, -0.2) is 0 Å². The van der Waals surface area contributed by atoms with Crippen LogP contribution in [-0.2, 0) is 0 Å². The first-order chi connectivity index (χ1) is 11.0. The van der Waals surface area contributed by atoms with E-state index in [4.69, 9.17) is 23.2 Å². The van der Waals surface area contributed by atoms with E-state index >= 15 is 0 Å². The van der Waals surface area contributed by atoms with Crippen molar-refractivity contribution < 1.29 is 4.79 Å². The number of carbonyl (C=O) groups excluding carboxylic acids is 1. The van der Waals surface area contributed by atoms with Gasteiger partial charge in [-0.3, -0.25) is 9.59 Å². The van der Waals surface area contributed by atoms with Crippen molar-refractivity contribution in [1.29, 1.82) is 0 Å². The second-order valence-corrected chi connectivity index (χ2v) is 5.53. The van der Waals surface area contributed by atoms with E-state index in [0.717, 1.165) is 0 Å². The van der Waals surface area contributed by atoms with Crippen LogP contribution in [0.1, 0.15) is 22.8 Å². The average molecular weight is 348 g/mol. The standard InChI is InChI=1S/C18H15Cl2NO2/c1-2-21-15-9-4-3-7-13(18(15)23)16(22)11-10-12-6-5-8-14(19)17(12)20/h3-11H,2H2,1H3,(H,21,23)/b11-10+. The molecule has 0 amide bonds. The summed E-state index contributed by atoms with van der Waals surface area (Å²) in [6.07, 6.45) is 2.87. The molecule has 0 aliphatic carbocycles. The molecular formula is C18H15Cl2NO2. The summed E-state index contributed by atoms with van der Waals surface area (Å²) in [5, 5.41) is 3.73. The quantitative estimate of drug-likeness (QED) is 0.630. The highest BCUT2D eigenvalue weighted by atomic mass is 35.5.